The van der Waals surface area contributed by atoms with E-state index in [1.54, 1.807) is 13.0 Å². The number of halogens is 1. The highest BCUT2D eigenvalue weighted by Crippen LogP contribution is 2.27. The van der Waals surface area contributed by atoms with Crippen molar-refractivity contribution < 1.29 is 8.42 Å². The molecule has 2 rings (SSSR count). The summed E-state index contributed by atoms with van der Waals surface area (Å²) in [5.41, 5.74) is 6.66. The van der Waals surface area contributed by atoms with Gasteiger partial charge in [-0.25, -0.2) is 13.1 Å². The highest BCUT2D eigenvalue weighted by Gasteiger charge is 2.26. The Balaban J connectivity index is 2.38. The molecule has 1 aromatic carbocycles. The van der Waals surface area contributed by atoms with Crippen LogP contribution in [0.4, 0.5) is 5.69 Å². The molecule has 0 bridgehead atoms. The molecule has 1 saturated carbocycles. The van der Waals surface area contributed by atoms with Crippen molar-refractivity contribution in [2.24, 2.45) is 0 Å². The van der Waals surface area contributed by atoms with Gasteiger partial charge in [0.2, 0.25) is 10.0 Å². The van der Waals surface area contributed by atoms with Crippen LogP contribution in [0.15, 0.2) is 17.0 Å². The molecule has 1 aliphatic rings. The first-order valence-electron chi connectivity index (χ1n) is 5.48. The zero-order chi connectivity index (χ0) is 12.6. The second-order valence-electron chi connectivity index (χ2n) is 4.37. The van der Waals surface area contributed by atoms with E-state index in [9.17, 15) is 8.42 Å². The van der Waals surface area contributed by atoms with Gasteiger partial charge in [0.05, 0.1) is 4.90 Å². The molecule has 0 atom stereocenters. The van der Waals surface area contributed by atoms with Crippen LogP contribution in [-0.4, -0.2) is 14.5 Å². The Kier molecular flexibility index (Phi) is 3.34. The normalized spacial score (nSPS) is 16.8. The lowest BCUT2D eigenvalue weighted by Crippen LogP contribution is -2.39. The van der Waals surface area contributed by atoms with Crippen LogP contribution in [0.1, 0.15) is 24.8 Å². The van der Waals surface area contributed by atoms with E-state index in [1.165, 1.54) is 6.07 Å². The Labute approximate surface area is 106 Å². The highest BCUT2D eigenvalue weighted by molar-refractivity contribution is 7.89. The molecular formula is C11H15ClN2O2S. The Morgan fingerprint density at radius 2 is 2.06 bits per heavy atom. The molecule has 0 heterocycles. The van der Waals surface area contributed by atoms with Crippen LogP contribution in [0.5, 0.6) is 0 Å². The van der Waals surface area contributed by atoms with Crippen molar-refractivity contribution in [3.8, 4) is 0 Å². The maximum absolute atomic E-state index is 12.1. The Morgan fingerprint density at radius 3 is 2.59 bits per heavy atom. The second-order valence-corrected chi connectivity index (χ2v) is 6.49. The summed E-state index contributed by atoms with van der Waals surface area (Å²) >= 11 is 5.84. The van der Waals surface area contributed by atoms with Crippen molar-refractivity contribution in [2.75, 3.05) is 5.73 Å². The van der Waals surface area contributed by atoms with Gasteiger partial charge in [-0.3, -0.25) is 0 Å². The number of benzene rings is 1. The molecule has 0 saturated heterocycles. The highest BCUT2D eigenvalue weighted by atomic mass is 35.5. The number of nitrogens with one attached hydrogen (secondary N) is 1. The molecule has 4 nitrogen and oxygen atoms in total. The zero-order valence-corrected chi connectivity index (χ0v) is 11.1. The van der Waals surface area contributed by atoms with Crippen molar-refractivity contribution in [2.45, 2.75) is 37.1 Å². The largest absolute Gasteiger partial charge is 0.398 e. The van der Waals surface area contributed by atoms with Gasteiger partial charge in [-0.05, 0) is 37.5 Å². The molecule has 3 N–H and O–H groups in total. The van der Waals surface area contributed by atoms with Crippen LogP contribution >= 0.6 is 11.6 Å². The fourth-order valence-corrected chi connectivity index (χ4v) is 3.66. The van der Waals surface area contributed by atoms with Crippen LogP contribution in [0, 0.1) is 6.92 Å². The molecule has 0 unspecified atom stereocenters. The van der Waals surface area contributed by atoms with E-state index in [-0.39, 0.29) is 10.9 Å². The van der Waals surface area contributed by atoms with E-state index in [0.717, 1.165) is 19.3 Å². The number of sulfonamides is 1. The predicted molar refractivity (Wildman–Crippen MR) is 68.6 cm³/mol. The third-order valence-corrected chi connectivity index (χ3v) is 4.95. The minimum atomic E-state index is -3.51. The molecule has 17 heavy (non-hydrogen) atoms. The smallest absolute Gasteiger partial charge is 0.241 e. The summed E-state index contributed by atoms with van der Waals surface area (Å²) in [6.45, 7) is 1.68. The van der Waals surface area contributed by atoms with Gasteiger partial charge in [-0.15, -0.1) is 0 Å². The summed E-state index contributed by atoms with van der Waals surface area (Å²) in [6, 6.07) is 3.05. The van der Waals surface area contributed by atoms with Gasteiger partial charge in [0.25, 0.3) is 0 Å². The SMILES string of the molecule is Cc1c(N)cc(Cl)cc1S(=O)(=O)NC1CCC1. The molecule has 0 aliphatic heterocycles. The topological polar surface area (TPSA) is 72.2 Å². The lowest BCUT2D eigenvalue weighted by atomic mass is 9.94. The molecule has 0 radical (unpaired) electrons. The molecule has 0 aromatic heterocycles. The minimum Gasteiger partial charge on any atom is -0.398 e. The number of hydrogen-bond acceptors (Lipinski definition) is 3. The number of rotatable bonds is 3. The number of hydrogen-bond donors (Lipinski definition) is 2. The maximum atomic E-state index is 12.1. The van der Waals surface area contributed by atoms with E-state index in [1.807, 2.05) is 0 Å². The summed E-state index contributed by atoms with van der Waals surface area (Å²) in [5.74, 6) is 0. The molecule has 1 aromatic rings. The van der Waals surface area contributed by atoms with Gasteiger partial charge in [-0.1, -0.05) is 18.0 Å². The molecule has 6 heteroatoms. The zero-order valence-electron chi connectivity index (χ0n) is 9.53. The Morgan fingerprint density at radius 1 is 1.41 bits per heavy atom. The molecule has 1 fully saturated rings. The van der Waals surface area contributed by atoms with Gasteiger partial charge in [0, 0.05) is 16.8 Å². The first kappa shape index (κ1) is 12.7. The summed E-state index contributed by atoms with van der Waals surface area (Å²) in [6.07, 6.45) is 2.87. The molecule has 1 aliphatic carbocycles. The van der Waals surface area contributed by atoms with E-state index in [4.69, 9.17) is 17.3 Å². The van der Waals surface area contributed by atoms with Crippen molar-refractivity contribution in [3.63, 3.8) is 0 Å². The summed E-state index contributed by atoms with van der Waals surface area (Å²) < 4.78 is 26.9. The number of nitrogen functional groups attached to an aromatic ring is 1. The summed E-state index contributed by atoms with van der Waals surface area (Å²) in [7, 11) is -3.51. The second kappa shape index (κ2) is 4.48. The van der Waals surface area contributed by atoms with Crippen molar-refractivity contribution in [1.29, 1.82) is 0 Å². The predicted octanol–water partition coefficient (Wildman–Crippen LogP) is 2.06. The van der Waals surface area contributed by atoms with Gasteiger partial charge >= 0.3 is 0 Å². The van der Waals surface area contributed by atoms with E-state index in [2.05, 4.69) is 4.72 Å². The van der Waals surface area contributed by atoms with Crippen LogP contribution in [0.3, 0.4) is 0 Å². The lowest BCUT2D eigenvalue weighted by molar-refractivity contribution is 0.383. The number of nitrogens with two attached hydrogens (primary N) is 1. The molecule has 94 valence electrons. The van der Waals surface area contributed by atoms with Crippen LogP contribution < -0.4 is 10.5 Å². The first-order valence-corrected chi connectivity index (χ1v) is 7.34. The van der Waals surface area contributed by atoms with Gasteiger partial charge in [0.15, 0.2) is 0 Å². The van der Waals surface area contributed by atoms with Crippen LogP contribution in [0.25, 0.3) is 0 Å². The molecule has 0 amide bonds. The monoisotopic (exact) mass is 274 g/mol. The van der Waals surface area contributed by atoms with Crippen LogP contribution in [0.2, 0.25) is 5.02 Å². The fourth-order valence-electron chi connectivity index (χ4n) is 1.76. The van der Waals surface area contributed by atoms with Gasteiger partial charge in [0.1, 0.15) is 0 Å². The lowest BCUT2D eigenvalue weighted by Gasteiger charge is -2.26. The van der Waals surface area contributed by atoms with E-state index in [0.29, 0.717) is 16.3 Å². The first-order chi connectivity index (χ1) is 7.90. The fraction of sp³-hybridized carbons (Fsp3) is 0.455. The average molecular weight is 275 g/mol. The third kappa shape index (κ3) is 2.56. The van der Waals surface area contributed by atoms with Crippen molar-refractivity contribution in [3.05, 3.63) is 22.7 Å². The maximum Gasteiger partial charge on any atom is 0.241 e. The Hall–Kier alpha value is -0.780. The van der Waals surface area contributed by atoms with Gasteiger partial charge < -0.3 is 5.73 Å². The van der Waals surface area contributed by atoms with E-state index < -0.39 is 10.0 Å². The van der Waals surface area contributed by atoms with Crippen molar-refractivity contribution >= 4 is 27.3 Å². The molecule has 0 spiro atoms. The Bertz CT molecular complexity index is 539. The summed E-state index contributed by atoms with van der Waals surface area (Å²) in [4.78, 5) is 0.175. The van der Waals surface area contributed by atoms with Gasteiger partial charge in [-0.2, -0.15) is 0 Å². The average Bonchev–Trinajstić information content (AvgIpc) is 2.17. The molecular weight excluding hydrogens is 260 g/mol. The number of anilines is 1. The summed E-state index contributed by atoms with van der Waals surface area (Å²) in [5, 5.41) is 0.335. The minimum absolute atomic E-state index is 0.0552. The van der Waals surface area contributed by atoms with Crippen molar-refractivity contribution in [1.82, 2.24) is 4.72 Å². The van der Waals surface area contributed by atoms with Crippen LogP contribution in [-0.2, 0) is 10.0 Å². The standard InChI is InChI=1S/C11H15ClN2O2S/c1-7-10(13)5-8(12)6-11(7)17(15,16)14-9-3-2-4-9/h5-6,9,14H,2-4,13H2,1H3. The van der Waals surface area contributed by atoms with E-state index >= 15 is 0 Å². The third-order valence-electron chi connectivity index (χ3n) is 3.08. The quantitative estimate of drug-likeness (QED) is 0.829.